The van der Waals surface area contributed by atoms with Gasteiger partial charge in [-0.3, -0.25) is 4.79 Å². The van der Waals surface area contributed by atoms with Crippen LogP contribution in [-0.4, -0.2) is 18.9 Å². The quantitative estimate of drug-likeness (QED) is 0.633. The van der Waals surface area contributed by atoms with Crippen LogP contribution in [0.2, 0.25) is 0 Å². The van der Waals surface area contributed by atoms with Gasteiger partial charge < -0.3 is 19.2 Å². The monoisotopic (exact) mass is 471 g/mol. The summed E-state index contributed by atoms with van der Waals surface area (Å²) < 4.78 is 17.8. The van der Waals surface area contributed by atoms with Crippen molar-refractivity contribution in [2.24, 2.45) is 0 Å². The van der Waals surface area contributed by atoms with E-state index in [9.17, 15) is 9.59 Å². The number of methoxy groups -OCH3 is 1. The molecule has 1 atom stereocenters. The third-order valence-corrected chi connectivity index (χ3v) is 5.87. The molecule has 0 spiro atoms. The average Bonchev–Trinajstić information content (AvgIpc) is 3.21. The molecule has 0 fully saturated rings. The number of nitrogens with one attached hydrogen (secondary N) is 1. The number of hydrogen-bond donors (Lipinski definition) is 1. The molecule has 1 N–H and O–H groups in total. The highest BCUT2D eigenvalue weighted by atomic mass is 79.9. The first-order valence-corrected chi connectivity index (χ1v) is 10.6. The predicted molar refractivity (Wildman–Crippen MR) is 114 cm³/mol. The lowest BCUT2D eigenvalue weighted by Gasteiger charge is -2.32. The van der Waals surface area contributed by atoms with Gasteiger partial charge in [-0.1, -0.05) is 15.9 Å². The maximum atomic E-state index is 12.8. The summed E-state index contributed by atoms with van der Waals surface area (Å²) in [5.41, 5.74) is 2.55. The summed E-state index contributed by atoms with van der Waals surface area (Å²) in [6.07, 6.45) is 2.02. The number of carbonyl (C=O) groups is 2. The van der Waals surface area contributed by atoms with E-state index in [2.05, 4.69) is 21.2 Å². The number of halogens is 1. The number of hydrogen-bond acceptors (Lipinski definition) is 6. The Labute approximate surface area is 183 Å². The van der Waals surface area contributed by atoms with Crippen molar-refractivity contribution in [2.45, 2.75) is 38.7 Å². The SMILES string of the molecule is COC(=O)C1=C(C)NC2=C(C(=O)CCC2)C1c1ccc(COc2ccc(Br)cc2)o1. The highest BCUT2D eigenvalue weighted by molar-refractivity contribution is 9.10. The standard InChI is InChI=1S/C23H22BrNO5/c1-13-20(23(27)28-2)22(21-17(25-13)4-3-5-18(21)26)19-11-10-16(30-19)12-29-15-8-6-14(24)7-9-15/h6-11,22,25H,3-5,12H2,1-2H3. The Morgan fingerprint density at radius 3 is 2.70 bits per heavy atom. The van der Waals surface area contributed by atoms with Crippen molar-refractivity contribution >= 4 is 27.7 Å². The molecule has 0 saturated carbocycles. The van der Waals surface area contributed by atoms with E-state index < -0.39 is 11.9 Å². The summed E-state index contributed by atoms with van der Waals surface area (Å²) in [5.74, 6) is 0.845. The van der Waals surface area contributed by atoms with Crippen LogP contribution in [0.15, 0.2) is 67.8 Å². The minimum absolute atomic E-state index is 0.0340. The number of ketones is 1. The van der Waals surface area contributed by atoms with Crippen molar-refractivity contribution in [2.75, 3.05) is 7.11 Å². The molecular weight excluding hydrogens is 450 g/mol. The summed E-state index contributed by atoms with van der Waals surface area (Å²) in [7, 11) is 1.34. The molecule has 1 aromatic carbocycles. The highest BCUT2D eigenvalue weighted by Crippen LogP contribution is 2.43. The number of carbonyl (C=O) groups excluding carboxylic acids is 2. The van der Waals surface area contributed by atoms with Crippen LogP contribution in [0.25, 0.3) is 0 Å². The topological polar surface area (TPSA) is 77.8 Å². The van der Waals surface area contributed by atoms with E-state index in [4.69, 9.17) is 13.9 Å². The highest BCUT2D eigenvalue weighted by Gasteiger charge is 2.40. The molecular formula is C23H22BrNO5. The number of esters is 1. The molecule has 1 aliphatic heterocycles. The van der Waals surface area contributed by atoms with E-state index in [1.54, 1.807) is 6.07 Å². The number of allylic oxidation sites excluding steroid dienone is 3. The zero-order valence-electron chi connectivity index (χ0n) is 16.8. The van der Waals surface area contributed by atoms with E-state index >= 15 is 0 Å². The summed E-state index contributed by atoms with van der Waals surface area (Å²) >= 11 is 3.40. The molecule has 2 heterocycles. The second kappa shape index (κ2) is 8.52. The van der Waals surface area contributed by atoms with Crippen molar-refractivity contribution in [1.82, 2.24) is 5.32 Å². The van der Waals surface area contributed by atoms with Gasteiger partial charge in [0.05, 0.1) is 18.6 Å². The van der Waals surface area contributed by atoms with Crippen molar-refractivity contribution in [1.29, 1.82) is 0 Å². The zero-order chi connectivity index (χ0) is 21.3. The van der Waals surface area contributed by atoms with Gasteiger partial charge in [0.25, 0.3) is 0 Å². The number of furan rings is 1. The largest absolute Gasteiger partial charge is 0.486 e. The molecule has 6 nitrogen and oxygen atoms in total. The molecule has 30 heavy (non-hydrogen) atoms. The molecule has 156 valence electrons. The Morgan fingerprint density at radius 2 is 1.97 bits per heavy atom. The molecule has 0 amide bonds. The zero-order valence-corrected chi connectivity index (χ0v) is 18.4. The van der Waals surface area contributed by atoms with Crippen molar-refractivity contribution < 1.29 is 23.5 Å². The van der Waals surface area contributed by atoms with Gasteiger partial charge >= 0.3 is 5.97 Å². The molecule has 2 aromatic rings. The summed E-state index contributed by atoms with van der Waals surface area (Å²) in [6, 6.07) is 11.1. The fraction of sp³-hybridized carbons (Fsp3) is 0.304. The fourth-order valence-corrected chi connectivity index (χ4v) is 4.23. The lowest BCUT2D eigenvalue weighted by Crippen LogP contribution is -2.34. The van der Waals surface area contributed by atoms with E-state index in [0.717, 1.165) is 28.8 Å². The lowest BCUT2D eigenvalue weighted by molar-refractivity contribution is -0.136. The number of dihydropyridines is 1. The third kappa shape index (κ3) is 3.94. The van der Waals surface area contributed by atoms with Gasteiger partial charge in [0, 0.05) is 27.9 Å². The third-order valence-electron chi connectivity index (χ3n) is 5.34. The Morgan fingerprint density at radius 1 is 1.20 bits per heavy atom. The number of rotatable bonds is 5. The number of benzene rings is 1. The molecule has 0 bridgehead atoms. The van der Waals surface area contributed by atoms with Crippen LogP contribution in [0.3, 0.4) is 0 Å². The van der Waals surface area contributed by atoms with Crippen LogP contribution >= 0.6 is 15.9 Å². The van der Waals surface area contributed by atoms with Crippen LogP contribution in [0.5, 0.6) is 5.75 Å². The predicted octanol–water partition coefficient (Wildman–Crippen LogP) is 4.76. The molecule has 2 aliphatic rings. The molecule has 0 saturated heterocycles. The normalized spacial score (nSPS) is 18.8. The summed E-state index contributed by atoms with van der Waals surface area (Å²) in [5, 5.41) is 3.24. The molecule has 1 aliphatic carbocycles. The van der Waals surface area contributed by atoms with E-state index in [1.807, 2.05) is 37.3 Å². The molecule has 0 radical (unpaired) electrons. The fourth-order valence-electron chi connectivity index (χ4n) is 3.96. The van der Waals surface area contributed by atoms with E-state index in [-0.39, 0.29) is 12.4 Å². The van der Waals surface area contributed by atoms with E-state index in [1.165, 1.54) is 7.11 Å². The van der Waals surface area contributed by atoms with Crippen LogP contribution in [0.4, 0.5) is 0 Å². The van der Waals surface area contributed by atoms with Gasteiger partial charge in [0.15, 0.2) is 5.78 Å². The first-order chi connectivity index (χ1) is 14.5. The minimum Gasteiger partial charge on any atom is -0.486 e. The molecule has 1 aromatic heterocycles. The first kappa shape index (κ1) is 20.5. The molecule has 1 unspecified atom stereocenters. The van der Waals surface area contributed by atoms with Crippen LogP contribution < -0.4 is 10.1 Å². The number of ether oxygens (including phenoxy) is 2. The van der Waals surface area contributed by atoms with E-state index in [0.29, 0.717) is 34.8 Å². The Bertz CT molecular complexity index is 1050. The average molecular weight is 472 g/mol. The maximum absolute atomic E-state index is 12.8. The van der Waals surface area contributed by atoms with Crippen LogP contribution in [0, 0.1) is 0 Å². The Hall–Kier alpha value is -2.80. The first-order valence-electron chi connectivity index (χ1n) is 9.77. The molecule has 7 heteroatoms. The summed E-state index contributed by atoms with van der Waals surface area (Å²) in [6.45, 7) is 2.06. The van der Waals surface area contributed by atoms with Gasteiger partial charge in [-0.2, -0.15) is 0 Å². The van der Waals surface area contributed by atoms with Gasteiger partial charge in [0.1, 0.15) is 23.9 Å². The minimum atomic E-state index is -0.581. The summed E-state index contributed by atoms with van der Waals surface area (Å²) in [4.78, 5) is 25.3. The van der Waals surface area contributed by atoms with Gasteiger partial charge in [-0.15, -0.1) is 0 Å². The van der Waals surface area contributed by atoms with Gasteiger partial charge in [0.2, 0.25) is 0 Å². The Balaban J connectivity index is 1.64. The maximum Gasteiger partial charge on any atom is 0.336 e. The Kier molecular flexibility index (Phi) is 5.81. The van der Waals surface area contributed by atoms with Gasteiger partial charge in [-0.25, -0.2) is 4.79 Å². The second-order valence-corrected chi connectivity index (χ2v) is 8.22. The molecule has 4 rings (SSSR count). The van der Waals surface area contributed by atoms with Crippen molar-refractivity contribution in [3.8, 4) is 5.75 Å². The number of Topliss-reactive ketones (excluding diaryl/α,β-unsaturated/α-hetero) is 1. The van der Waals surface area contributed by atoms with Crippen molar-refractivity contribution in [3.63, 3.8) is 0 Å². The van der Waals surface area contributed by atoms with Crippen molar-refractivity contribution in [3.05, 3.63) is 74.9 Å². The van der Waals surface area contributed by atoms with Crippen LogP contribution in [0.1, 0.15) is 43.6 Å². The van der Waals surface area contributed by atoms with Gasteiger partial charge in [-0.05, 0) is 56.2 Å². The smallest absolute Gasteiger partial charge is 0.336 e. The second-order valence-electron chi connectivity index (χ2n) is 7.30. The van der Waals surface area contributed by atoms with Crippen LogP contribution in [-0.2, 0) is 20.9 Å². The lowest BCUT2D eigenvalue weighted by atomic mass is 9.77.